The molecule has 0 radical (unpaired) electrons. The maximum absolute atomic E-state index is 12.4. The number of rotatable bonds is 4. The average Bonchev–Trinajstić information content (AvgIpc) is 2.74. The molecule has 2 heterocycles. The zero-order valence-electron chi connectivity index (χ0n) is 16.0. The van der Waals surface area contributed by atoms with Crippen LogP contribution in [0.15, 0.2) is 42.5 Å². The molecule has 0 bridgehead atoms. The van der Waals surface area contributed by atoms with Gasteiger partial charge in [0.1, 0.15) is 41.7 Å². The van der Waals surface area contributed by atoms with E-state index in [1.165, 1.54) is 30.3 Å². The first-order valence-electron chi connectivity index (χ1n) is 9.46. The number of carboxylic acid groups (broad SMARTS) is 1. The Kier molecular flexibility index (Phi) is 5.54. The Balaban J connectivity index is 1.47. The summed E-state index contributed by atoms with van der Waals surface area (Å²) in [5.41, 5.74) is 1.05. The van der Waals surface area contributed by atoms with Gasteiger partial charge in [-0.3, -0.25) is 4.79 Å². The molecule has 10 nitrogen and oxygen atoms in total. The van der Waals surface area contributed by atoms with Gasteiger partial charge in [0.25, 0.3) is 0 Å². The molecule has 6 atom stereocenters. The van der Waals surface area contributed by atoms with Gasteiger partial charge in [-0.05, 0) is 29.8 Å². The predicted molar refractivity (Wildman–Crippen MR) is 102 cm³/mol. The number of carbonyl (C=O) groups is 2. The summed E-state index contributed by atoms with van der Waals surface area (Å²) < 4.78 is 16.4. The van der Waals surface area contributed by atoms with Crippen molar-refractivity contribution in [3.05, 3.63) is 53.6 Å². The first-order valence-corrected chi connectivity index (χ1v) is 9.46. The van der Waals surface area contributed by atoms with Crippen LogP contribution in [0.5, 0.6) is 17.2 Å². The van der Waals surface area contributed by atoms with Crippen molar-refractivity contribution < 1.29 is 49.3 Å². The van der Waals surface area contributed by atoms with Crippen molar-refractivity contribution >= 4 is 11.8 Å². The van der Waals surface area contributed by atoms with Crippen LogP contribution in [-0.2, 0) is 9.53 Å². The van der Waals surface area contributed by atoms with Gasteiger partial charge in [0, 0.05) is 6.07 Å². The lowest BCUT2D eigenvalue weighted by molar-refractivity contribution is -0.271. The van der Waals surface area contributed by atoms with Crippen molar-refractivity contribution in [1.82, 2.24) is 0 Å². The molecule has 0 spiro atoms. The second-order valence-corrected chi connectivity index (χ2v) is 7.34. The zero-order chi connectivity index (χ0) is 22.3. The van der Waals surface area contributed by atoms with E-state index in [1.807, 2.05) is 0 Å². The third-order valence-electron chi connectivity index (χ3n) is 5.22. The highest BCUT2D eigenvalue weighted by Crippen LogP contribution is 2.37. The number of phenols is 1. The van der Waals surface area contributed by atoms with Crippen LogP contribution < -0.4 is 9.47 Å². The van der Waals surface area contributed by atoms with E-state index in [1.54, 1.807) is 12.1 Å². The highest BCUT2D eigenvalue weighted by Gasteiger charge is 2.48. The first-order chi connectivity index (χ1) is 14.7. The fraction of sp³-hybridized carbons (Fsp3) is 0.333. The van der Waals surface area contributed by atoms with Crippen molar-refractivity contribution in [3.63, 3.8) is 0 Å². The molecule has 1 fully saturated rings. The van der Waals surface area contributed by atoms with Gasteiger partial charge in [0.05, 0.1) is 12.0 Å². The van der Waals surface area contributed by atoms with Crippen LogP contribution in [0, 0.1) is 0 Å². The average molecular weight is 432 g/mol. The van der Waals surface area contributed by atoms with Crippen LogP contribution in [-0.4, -0.2) is 68.0 Å². The zero-order valence-corrected chi connectivity index (χ0v) is 16.0. The van der Waals surface area contributed by atoms with E-state index in [-0.39, 0.29) is 29.5 Å². The fourth-order valence-corrected chi connectivity index (χ4v) is 3.54. The maximum atomic E-state index is 12.4. The quantitative estimate of drug-likeness (QED) is 0.456. The molecule has 164 valence electrons. The number of Topliss-reactive ketones (excluding diaryl/α,β-unsaturated/α-hetero) is 1. The Morgan fingerprint density at radius 3 is 2.39 bits per heavy atom. The summed E-state index contributed by atoms with van der Waals surface area (Å²) in [4.78, 5) is 23.5. The molecule has 1 saturated heterocycles. The van der Waals surface area contributed by atoms with Crippen LogP contribution in [0.3, 0.4) is 0 Å². The number of aromatic hydroxyl groups is 1. The van der Waals surface area contributed by atoms with E-state index < -0.39 is 42.8 Å². The number of ketones is 1. The SMILES string of the molecule is O=C1C[C@@H](c2ccc(O[C@@H]3O[C@H](C(=O)O)[C@@H](O)[C@H](O)[C@H]3O)cc2)Oc2cc(O)ccc21. The third-order valence-corrected chi connectivity index (χ3v) is 5.22. The standard InChI is InChI=1S/C21H20O10/c22-10-3-6-12-13(23)8-14(30-15(12)7-10)9-1-4-11(5-2-9)29-21-18(26)16(24)17(25)19(31-21)20(27)28/h1-7,14,16-19,21-22,24-26H,8H2,(H,27,28)/t14-,16-,17-,18+,19-,21+/m0/s1. The summed E-state index contributed by atoms with van der Waals surface area (Å²) in [5, 5.41) is 48.3. The number of hydrogen-bond donors (Lipinski definition) is 5. The van der Waals surface area contributed by atoms with E-state index in [2.05, 4.69) is 0 Å². The highest BCUT2D eigenvalue weighted by atomic mass is 16.7. The van der Waals surface area contributed by atoms with Crippen molar-refractivity contribution in [1.29, 1.82) is 0 Å². The Hall–Kier alpha value is -3.18. The molecule has 2 aromatic carbocycles. The second-order valence-electron chi connectivity index (χ2n) is 7.34. The van der Waals surface area contributed by atoms with E-state index in [0.29, 0.717) is 11.1 Å². The van der Waals surface area contributed by atoms with Crippen molar-refractivity contribution in [2.45, 2.75) is 43.2 Å². The lowest BCUT2D eigenvalue weighted by atomic mass is 9.96. The largest absolute Gasteiger partial charge is 0.508 e. The van der Waals surface area contributed by atoms with Crippen molar-refractivity contribution in [2.75, 3.05) is 0 Å². The van der Waals surface area contributed by atoms with E-state index in [0.717, 1.165) is 0 Å². The number of aliphatic carboxylic acids is 1. The second kappa shape index (κ2) is 8.16. The molecule has 0 saturated carbocycles. The molecule has 5 N–H and O–H groups in total. The van der Waals surface area contributed by atoms with E-state index >= 15 is 0 Å². The minimum Gasteiger partial charge on any atom is -0.508 e. The molecule has 0 unspecified atom stereocenters. The van der Waals surface area contributed by atoms with Crippen LogP contribution in [0.2, 0.25) is 0 Å². The molecule has 0 aliphatic carbocycles. The summed E-state index contributed by atoms with van der Waals surface area (Å²) in [6, 6.07) is 10.5. The van der Waals surface area contributed by atoms with Gasteiger partial charge in [-0.2, -0.15) is 0 Å². The van der Waals surface area contributed by atoms with E-state index in [4.69, 9.17) is 19.3 Å². The van der Waals surface area contributed by atoms with Crippen molar-refractivity contribution in [2.24, 2.45) is 0 Å². The molecule has 0 amide bonds. The van der Waals surface area contributed by atoms with Gasteiger partial charge in [-0.1, -0.05) is 12.1 Å². The Morgan fingerprint density at radius 2 is 1.71 bits per heavy atom. The summed E-state index contributed by atoms with van der Waals surface area (Å²) in [5.74, 6) is -1.17. The number of aliphatic hydroxyl groups excluding tert-OH is 3. The van der Waals surface area contributed by atoms with E-state index in [9.17, 15) is 30.0 Å². The topological polar surface area (TPSA) is 163 Å². The predicted octanol–water partition coefficient (Wildman–Crippen LogP) is 0.370. The number of aliphatic hydroxyl groups is 3. The lowest BCUT2D eigenvalue weighted by Gasteiger charge is -2.38. The number of phenolic OH excluding ortho intramolecular Hbond substituents is 1. The van der Waals surface area contributed by atoms with Crippen LogP contribution in [0.25, 0.3) is 0 Å². The minimum absolute atomic E-state index is 0.0195. The van der Waals surface area contributed by atoms with Crippen LogP contribution >= 0.6 is 0 Å². The summed E-state index contributed by atoms with van der Waals surface area (Å²) in [6.45, 7) is 0. The molecule has 0 aromatic heterocycles. The number of carbonyl (C=O) groups excluding carboxylic acids is 1. The fourth-order valence-electron chi connectivity index (χ4n) is 3.54. The molecular weight excluding hydrogens is 412 g/mol. The van der Waals surface area contributed by atoms with Gasteiger partial charge in [0.15, 0.2) is 11.9 Å². The summed E-state index contributed by atoms with van der Waals surface area (Å²) >= 11 is 0. The molecule has 10 heteroatoms. The number of benzene rings is 2. The molecular formula is C21H20O10. The lowest BCUT2D eigenvalue weighted by Crippen LogP contribution is -2.61. The normalized spacial score (nSPS) is 30.2. The Labute approximate surface area is 175 Å². The van der Waals surface area contributed by atoms with Gasteiger partial charge >= 0.3 is 5.97 Å². The number of hydrogen-bond acceptors (Lipinski definition) is 9. The number of ether oxygens (including phenoxy) is 3. The molecule has 2 aliphatic heterocycles. The van der Waals surface area contributed by atoms with Gasteiger partial charge in [0.2, 0.25) is 6.29 Å². The summed E-state index contributed by atoms with van der Waals surface area (Å²) in [7, 11) is 0. The third kappa shape index (κ3) is 4.06. The maximum Gasteiger partial charge on any atom is 0.335 e. The van der Waals surface area contributed by atoms with Gasteiger partial charge in [-0.25, -0.2) is 4.79 Å². The molecule has 2 aliphatic rings. The Bertz CT molecular complexity index is 988. The summed E-state index contributed by atoms with van der Waals surface area (Å²) in [6.07, 6.45) is -9.01. The molecule has 31 heavy (non-hydrogen) atoms. The minimum atomic E-state index is -1.81. The smallest absolute Gasteiger partial charge is 0.335 e. The number of fused-ring (bicyclic) bond motifs is 1. The highest BCUT2D eigenvalue weighted by molar-refractivity contribution is 6.00. The van der Waals surface area contributed by atoms with Crippen molar-refractivity contribution in [3.8, 4) is 17.2 Å². The van der Waals surface area contributed by atoms with Gasteiger partial charge in [-0.15, -0.1) is 0 Å². The van der Waals surface area contributed by atoms with Crippen LogP contribution in [0.1, 0.15) is 28.4 Å². The van der Waals surface area contributed by atoms with Gasteiger partial charge < -0.3 is 39.7 Å². The first kappa shape index (κ1) is 21.1. The Morgan fingerprint density at radius 1 is 1.00 bits per heavy atom. The monoisotopic (exact) mass is 432 g/mol. The molecule has 2 aromatic rings. The number of carboxylic acids is 1. The molecule has 4 rings (SSSR count). The van der Waals surface area contributed by atoms with Crippen LogP contribution in [0.4, 0.5) is 0 Å².